The molecule has 178 valence electrons. The maximum atomic E-state index is 11.8. The Kier molecular flexibility index (Phi) is 6.99. The van der Waals surface area contributed by atoms with Gasteiger partial charge in [0.2, 0.25) is 5.91 Å². The number of benzene rings is 2. The van der Waals surface area contributed by atoms with Crippen molar-refractivity contribution in [2.24, 2.45) is 0 Å². The van der Waals surface area contributed by atoms with Crippen molar-refractivity contribution in [3.05, 3.63) is 47.0 Å². The number of ether oxygens (including phenoxy) is 1. The third kappa shape index (κ3) is 5.33. The second-order valence-electron chi connectivity index (χ2n) is 10.8. The molecule has 2 aliphatic heterocycles. The molecule has 0 unspecified atom stereocenters. The van der Waals surface area contributed by atoms with Gasteiger partial charge in [-0.25, -0.2) is 0 Å². The molecular formula is C27H37NO3SSi. The zero-order valence-corrected chi connectivity index (χ0v) is 22.7. The molecule has 0 aliphatic carbocycles. The first-order valence-electron chi connectivity index (χ1n) is 12.1. The Morgan fingerprint density at radius 1 is 1.09 bits per heavy atom. The molecule has 2 aromatic rings. The van der Waals surface area contributed by atoms with Crippen LogP contribution in [-0.4, -0.2) is 27.4 Å². The van der Waals surface area contributed by atoms with E-state index in [1.54, 1.807) is 11.8 Å². The molecule has 1 fully saturated rings. The van der Waals surface area contributed by atoms with Crippen molar-refractivity contribution in [3.8, 4) is 5.75 Å². The first kappa shape index (κ1) is 24.4. The van der Waals surface area contributed by atoms with Gasteiger partial charge in [0.1, 0.15) is 5.75 Å². The smallest absolute Gasteiger partial charge is 0.250 e. The molecule has 4 nitrogen and oxygen atoms in total. The summed E-state index contributed by atoms with van der Waals surface area (Å²) in [4.78, 5) is 14.2. The Balaban J connectivity index is 1.72. The van der Waals surface area contributed by atoms with Gasteiger partial charge < -0.3 is 14.5 Å². The first-order chi connectivity index (χ1) is 15.5. The summed E-state index contributed by atoms with van der Waals surface area (Å²) in [7, 11) is -1.99. The van der Waals surface area contributed by atoms with Crippen molar-refractivity contribution in [1.82, 2.24) is 0 Å². The summed E-state index contributed by atoms with van der Waals surface area (Å²) in [6, 6.07) is 10.9. The Morgan fingerprint density at radius 3 is 2.52 bits per heavy atom. The highest BCUT2D eigenvalue weighted by molar-refractivity contribution is 7.99. The van der Waals surface area contributed by atoms with E-state index in [2.05, 4.69) is 70.4 Å². The minimum atomic E-state index is -1.99. The summed E-state index contributed by atoms with van der Waals surface area (Å²) >= 11 is 1.80. The third-order valence-corrected chi connectivity index (χ3v) is 13.0. The molecule has 1 amide bonds. The highest BCUT2D eigenvalue weighted by Gasteiger charge is 2.39. The number of anilines is 1. The van der Waals surface area contributed by atoms with Gasteiger partial charge in [0, 0.05) is 30.2 Å². The van der Waals surface area contributed by atoms with Gasteiger partial charge in [-0.15, -0.1) is 0 Å². The maximum absolute atomic E-state index is 11.8. The number of nitrogens with one attached hydrogen (secondary N) is 1. The van der Waals surface area contributed by atoms with E-state index < -0.39 is 8.32 Å². The average molecular weight is 484 g/mol. The molecule has 0 spiro atoms. The second-order valence-corrected chi connectivity index (χ2v) is 16.6. The molecule has 2 aliphatic rings. The van der Waals surface area contributed by atoms with Crippen LogP contribution in [0.15, 0.2) is 40.1 Å². The molecule has 0 bridgehead atoms. The minimum Gasteiger partial charge on any atom is -0.543 e. The van der Waals surface area contributed by atoms with Gasteiger partial charge in [-0.05, 0) is 91.2 Å². The lowest BCUT2D eigenvalue weighted by Crippen LogP contribution is -2.44. The van der Waals surface area contributed by atoms with E-state index in [1.165, 1.54) is 26.5 Å². The van der Waals surface area contributed by atoms with E-state index in [0.717, 1.165) is 43.9 Å². The number of hydrogen-bond acceptors (Lipinski definition) is 4. The average Bonchev–Trinajstić information content (AvgIpc) is 2.76. The summed E-state index contributed by atoms with van der Waals surface area (Å²) in [6.45, 7) is 15.4. The third-order valence-electron chi connectivity index (χ3n) is 7.44. The van der Waals surface area contributed by atoms with Crippen LogP contribution in [0.5, 0.6) is 5.75 Å². The fourth-order valence-corrected chi connectivity index (χ4v) is 6.46. The van der Waals surface area contributed by atoms with E-state index in [9.17, 15) is 4.79 Å². The molecule has 0 saturated carbocycles. The van der Waals surface area contributed by atoms with Crippen LogP contribution >= 0.6 is 11.8 Å². The van der Waals surface area contributed by atoms with E-state index in [-0.39, 0.29) is 10.9 Å². The number of carbonyl (C=O) groups is 1. The highest BCUT2D eigenvalue weighted by atomic mass is 32.2. The summed E-state index contributed by atoms with van der Waals surface area (Å²) in [5.41, 5.74) is 4.91. The van der Waals surface area contributed by atoms with Crippen LogP contribution in [0, 0.1) is 6.92 Å². The molecule has 0 radical (unpaired) electrons. The van der Waals surface area contributed by atoms with Crippen molar-refractivity contribution < 1.29 is 14.0 Å². The lowest BCUT2D eigenvalue weighted by molar-refractivity contribution is -0.116. The molecule has 2 heterocycles. The van der Waals surface area contributed by atoms with E-state index >= 15 is 0 Å². The molecule has 6 heteroatoms. The number of fused-ring (bicyclic) bond motifs is 1. The monoisotopic (exact) mass is 483 g/mol. The van der Waals surface area contributed by atoms with Gasteiger partial charge in [-0.2, -0.15) is 0 Å². The van der Waals surface area contributed by atoms with Gasteiger partial charge in [-0.1, -0.05) is 38.6 Å². The second kappa shape index (κ2) is 9.47. The quantitative estimate of drug-likeness (QED) is 0.453. The summed E-state index contributed by atoms with van der Waals surface area (Å²) < 4.78 is 12.5. The summed E-state index contributed by atoms with van der Waals surface area (Å²) in [5.74, 6) is 1.65. The van der Waals surface area contributed by atoms with Gasteiger partial charge in [0.05, 0.1) is 4.90 Å². The predicted octanol–water partition coefficient (Wildman–Crippen LogP) is 7.31. The standard InChI is InChI=1S/C27H37NO3SSi/c1-18-22(19-13-15-30-16-14-19)9-11-24(31-33(5,6)27(2,3)4)26(18)32-21-8-10-23-20(17-21)7-12-25(29)28-23/h8-11,17,19H,7,12-16H2,1-6H3,(H,28,29). The molecule has 4 rings (SSSR count). The number of rotatable bonds is 5. The molecule has 0 aromatic heterocycles. The summed E-state index contributed by atoms with van der Waals surface area (Å²) in [5, 5.41) is 3.13. The van der Waals surface area contributed by atoms with Crippen LogP contribution in [-0.2, 0) is 16.0 Å². The van der Waals surface area contributed by atoms with Crippen molar-refractivity contribution in [2.75, 3.05) is 18.5 Å². The van der Waals surface area contributed by atoms with Crippen LogP contribution in [0.1, 0.15) is 62.6 Å². The van der Waals surface area contributed by atoms with Gasteiger partial charge >= 0.3 is 0 Å². The fourth-order valence-electron chi connectivity index (χ4n) is 4.31. The Labute approximate surface area is 204 Å². The van der Waals surface area contributed by atoms with Crippen LogP contribution < -0.4 is 9.74 Å². The van der Waals surface area contributed by atoms with Crippen LogP contribution in [0.4, 0.5) is 5.69 Å². The van der Waals surface area contributed by atoms with Crippen LogP contribution in [0.2, 0.25) is 18.1 Å². The largest absolute Gasteiger partial charge is 0.543 e. The molecular weight excluding hydrogens is 446 g/mol. The Bertz CT molecular complexity index is 1040. The Morgan fingerprint density at radius 2 is 1.82 bits per heavy atom. The van der Waals surface area contributed by atoms with Crippen molar-refractivity contribution in [1.29, 1.82) is 0 Å². The van der Waals surface area contributed by atoms with Gasteiger partial charge in [0.25, 0.3) is 8.32 Å². The van der Waals surface area contributed by atoms with Crippen molar-refractivity contribution in [3.63, 3.8) is 0 Å². The zero-order chi connectivity index (χ0) is 23.8. The lowest BCUT2D eigenvalue weighted by Gasteiger charge is -2.37. The van der Waals surface area contributed by atoms with Crippen molar-refractivity contribution in [2.45, 2.75) is 87.2 Å². The lowest BCUT2D eigenvalue weighted by atomic mass is 9.88. The van der Waals surface area contributed by atoms with E-state index in [1.807, 2.05) is 6.07 Å². The fraction of sp³-hybridized carbons (Fsp3) is 0.519. The molecule has 1 N–H and O–H groups in total. The first-order valence-corrected chi connectivity index (χ1v) is 15.8. The predicted molar refractivity (Wildman–Crippen MR) is 139 cm³/mol. The zero-order valence-electron chi connectivity index (χ0n) is 20.8. The molecule has 1 saturated heterocycles. The topological polar surface area (TPSA) is 47.6 Å². The van der Waals surface area contributed by atoms with E-state index in [4.69, 9.17) is 9.16 Å². The Hall–Kier alpha value is -1.76. The minimum absolute atomic E-state index is 0.105. The maximum Gasteiger partial charge on any atom is 0.250 e. The number of hydrogen-bond donors (Lipinski definition) is 1. The van der Waals surface area contributed by atoms with Gasteiger partial charge in [0.15, 0.2) is 0 Å². The van der Waals surface area contributed by atoms with E-state index in [0.29, 0.717) is 12.3 Å². The number of amides is 1. The normalized spacial score (nSPS) is 17.5. The van der Waals surface area contributed by atoms with Crippen LogP contribution in [0.3, 0.4) is 0 Å². The molecule has 33 heavy (non-hydrogen) atoms. The molecule has 2 aromatic carbocycles. The van der Waals surface area contributed by atoms with Crippen LogP contribution in [0.25, 0.3) is 0 Å². The number of carbonyl (C=O) groups excluding carboxylic acids is 1. The molecule has 0 atom stereocenters. The summed E-state index contributed by atoms with van der Waals surface area (Å²) in [6.07, 6.45) is 3.50. The number of aryl methyl sites for hydroxylation is 1. The van der Waals surface area contributed by atoms with Crippen molar-refractivity contribution >= 4 is 31.7 Å². The SMILES string of the molecule is Cc1c(C2CCOCC2)ccc(O[Si](C)(C)C(C)(C)C)c1Sc1ccc2c(c1)CCC(=O)N2. The van der Waals surface area contributed by atoms with Gasteiger partial charge in [-0.3, -0.25) is 4.79 Å². The highest BCUT2D eigenvalue weighted by Crippen LogP contribution is 2.46.